The van der Waals surface area contributed by atoms with Crippen LogP contribution in [0.5, 0.6) is 0 Å². The Morgan fingerprint density at radius 3 is 2.82 bits per heavy atom. The summed E-state index contributed by atoms with van der Waals surface area (Å²) in [5.74, 6) is 0.106. The molecule has 1 heterocycles. The molecule has 0 saturated carbocycles. The van der Waals surface area contributed by atoms with Crippen LogP contribution in [0.25, 0.3) is 0 Å². The molecule has 0 unspecified atom stereocenters. The number of halogens is 1. The lowest BCUT2D eigenvalue weighted by atomic mass is 10.3. The first kappa shape index (κ1) is 11.4. The van der Waals surface area contributed by atoms with Crippen LogP contribution in [0.1, 0.15) is 0 Å². The van der Waals surface area contributed by atoms with Crippen molar-refractivity contribution < 1.29 is 5.21 Å². The number of rotatable bonds is 1. The van der Waals surface area contributed by atoms with E-state index >= 15 is 0 Å². The zero-order valence-corrected chi connectivity index (χ0v) is 9.46. The molecule has 0 saturated heterocycles. The maximum Gasteiger partial charge on any atom is 0.248 e. The molecule has 2 aromatic rings. The summed E-state index contributed by atoms with van der Waals surface area (Å²) < 4.78 is 1.30. The van der Waals surface area contributed by atoms with Gasteiger partial charge in [-0.2, -0.15) is 5.10 Å². The van der Waals surface area contributed by atoms with Crippen molar-refractivity contribution in [2.45, 2.75) is 0 Å². The molecular weight excluding hydrogens is 242 g/mol. The summed E-state index contributed by atoms with van der Waals surface area (Å²) in [5.41, 5.74) is 8.44. The van der Waals surface area contributed by atoms with E-state index in [-0.39, 0.29) is 5.96 Å². The maximum atomic E-state index is 9.02. The average molecular weight is 252 g/mol. The van der Waals surface area contributed by atoms with E-state index in [9.17, 15) is 0 Å². The van der Waals surface area contributed by atoms with E-state index in [1.165, 1.54) is 17.1 Å². The van der Waals surface area contributed by atoms with Gasteiger partial charge < -0.3 is 5.73 Å². The number of anilines is 1. The number of hydrogen-bond acceptors (Lipinski definition) is 4. The Balaban J connectivity index is 2.39. The largest absolute Gasteiger partial charge is 0.396 e. The lowest BCUT2D eigenvalue weighted by Gasteiger charge is -2.04. The topological polar surface area (TPSA) is 88.5 Å². The molecule has 0 aliphatic heterocycles. The summed E-state index contributed by atoms with van der Waals surface area (Å²) >= 11 is 5.95. The van der Waals surface area contributed by atoms with Gasteiger partial charge in [0.05, 0.1) is 28.8 Å². The zero-order valence-electron chi connectivity index (χ0n) is 8.71. The standard InChI is InChI=1S/C10H10ClN5O/c11-8-3-1-2-4-9(8)14-10(15-17)16-6-7(12)5-13-16/h1-6,17H,12H2,(H,14,15). The van der Waals surface area contributed by atoms with Crippen molar-refractivity contribution in [1.29, 1.82) is 0 Å². The molecule has 1 aromatic carbocycles. The van der Waals surface area contributed by atoms with E-state index in [0.29, 0.717) is 16.4 Å². The molecule has 2 rings (SSSR count). The fraction of sp³-hybridized carbons (Fsp3) is 0. The van der Waals surface area contributed by atoms with Crippen LogP contribution in [-0.2, 0) is 0 Å². The lowest BCUT2D eigenvalue weighted by Crippen LogP contribution is -2.27. The van der Waals surface area contributed by atoms with E-state index in [1.54, 1.807) is 24.3 Å². The van der Waals surface area contributed by atoms with E-state index in [4.69, 9.17) is 22.5 Å². The molecule has 1 aromatic heterocycles. The molecular formula is C10H10ClN5O. The average Bonchev–Trinajstić information content (AvgIpc) is 2.75. The first-order chi connectivity index (χ1) is 8.20. The molecule has 0 amide bonds. The number of para-hydroxylation sites is 1. The number of aromatic nitrogens is 2. The number of nitrogen functional groups attached to an aromatic ring is 1. The summed E-state index contributed by atoms with van der Waals surface area (Å²) in [7, 11) is 0. The van der Waals surface area contributed by atoms with Gasteiger partial charge in [-0.15, -0.1) is 0 Å². The number of nitrogens with one attached hydrogen (secondary N) is 1. The third-order valence-corrected chi connectivity index (χ3v) is 2.32. The third-order valence-electron chi connectivity index (χ3n) is 2.00. The SMILES string of the molecule is Nc1cnn(C(=Nc2ccccc2Cl)NO)c1. The van der Waals surface area contributed by atoms with Gasteiger partial charge in [0.25, 0.3) is 0 Å². The molecule has 0 aliphatic rings. The molecule has 88 valence electrons. The Hall–Kier alpha value is -2.05. The van der Waals surface area contributed by atoms with Crippen molar-refractivity contribution in [2.75, 3.05) is 5.73 Å². The minimum absolute atomic E-state index is 0.106. The fourth-order valence-corrected chi connectivity index (χ4v) is 1.41. The Labute approximate surface area is 102 Å². The second-order valence-electron chi connectivity index (χ2n) is 3.22. The number of hydroxylamine groups is 1. The summed E-state index contributed by atoms with van der Waals surface area (Å²) in [5, 5.41) is 13.4. The van der Waals surface area contributed by atoms with Crippen LogP contribution in [0, 0.1) is 0 Å². The number of aliphatic imine (C=N–C) groups is 1. The van der Waals surface area contributed by atoms with E-state index in [1.807, 2.05) is 5.48 Å². The minimum atomic E-state index is 0.106. The van der Waals surface area contributed by atoms with Crippen molar-refractivity contribution in [3.05, 3.63) is 41.7 Å². The van der Waals surface area contributed by atoms with Crippen LogP contribution in [-0.4, -0.2) is 20.9 Å². The van der Waals surface area contributed by atoms with Gasteiger partial charge in [0.1, 0.15) is 0 Å². The second-order valence-corrected chi connectivity index (χ2v) is 3.62. The molecule has 0 bridgehead atoms. The summed E-state index contributed by atoms with van der Waals surface area (Å²) in [6, 6.07) is 7.00. The maximum absolute atomic E-state index is 9.02. The van der Waals surface area contributed by atoms with Gasteiger partial charge in [-0.3, -0.25) is 5.21 Å². The Morgan fingerprint density at radius 1 is 1.47 bits per heavy atom. The van der Waals surface area contributed by atoms with Crippen molar-refractivity contribution >= 4 is 28.9 Å². The molecule has 0 aliphatic carbocycles. The predicted molar refractivity (Wildman–Crippen MR) is 65.5 cm³/mol. The van der Waals surface area contributed by atoms with E-state index in [0.717, 1.165) is 0 Å². The van der Waals surface area contributed by atoms with Crippen LogP contribution in [0.2, 0.25) is 5.02 Å². The highest BCUT2D eigenvalue weighted by atomic mass is 35.5. The predicted octanol–water partition coefficient (Wildman–Crippen LogP) is 1.63. The van der Waals surface area contributed by atoms with Crippen LogP contribution in [0.4, 0.5) is 11.4 Å². The summed E-state index contributed by atoms with van der Waals surface area (Å²) in [4.78, 5) is 4.13. The molecule has 0 radical (unpaired) electrons. The van der Waals surface area contributed by atoms with Gasteiger partial charge in [0, 0.05) is 0 Å². The van der Waals surface area contributed by atoms with Crippen LogP contribution < -0.4 is 11.2 Å². The molecule has 0 fully saturated rings. The number of nitrogens with two attached hydrogens (primary N) is 1. The van der Waals surface area contributed by atoms with Crippen LogP contribution in [0.15, 0.2) is 41.7 Å². The van der Waals surface area contributed by atoms with Gasteiger partial charge in [-0.25, -0.2) is 15.2 Å². The third kappa shape index (κ3) is 2.55. The van der Waals surface area contributed by atoms with Gasteiger partial charge in [-0.1, -0.05) is 23.7 Å². The quantitative estimate of drug-likeness (QED) is 0.408. The highest BCUT2D eigenvalue weighted by molar-refractivity contribution is 6.33. The van der Waals surface area contributed by atoms with Gasteiger partial charge in [0.2, 0.25) is 5.96 Å². The van der Waals surface area contributed by atoms with Gasteiger partial charge >= 0.3 is 0 Å². The fourth-order valence-electron chi connectivity index (χ4n) is 1.24. The molecule has 0 atom stereocenters. The number of benzene rings is 1. The molecule has 4 N–H and O–H groups in total. The second kappa shape index (κ2) is 4.86. The Morgan fingerprint density at radius 2 is 2.24 bits per heavy atom. The number of hydrogen-bond donors (Lipinski definition) is 3. The minimum Gasteiger partial charge on any atom is -0.396 e. The molecule has 7 heteroatoms. The van der Waals surface area contributed by atoms with Gasteiger partial charge in [-0.05, 0) is 12.1 Å². The first-order valence-electron chi connectivity index (χ1n) is 4.74. The van der Waals surface area contributed by atoms with Crippen molar-refractivity contribution in [2.24, 2.45) is 4.99 Å². The van der Waals surface area contributed by atoms with Crippen molar-refractivity contribution in [3.8, 4) is 0 Å². The van der Waals surface area contributed by atoms with Crippen LogP contribution in [0.3, 0.4) is 0 Å². The van der Waals surface area contributed by atoms with E-state index < -0.39 is 0 Å². The van der Waals surface area contributed by atoms with Crippen molar-refractivity contribution in [1.82, 2.24) is 15.3 Å². The number of nitrogens with zero attached hydrogens (tertiary/aromatic N) is 3. The molecule has 0 spiro atoms. The highest BCUT2D eigenvalue weighted by Crippen LogP contribution is 2.23. The molecule has 17 heavy (non-hydrogen) atoms. The first-order valence-corrected chi connectivity index (χ1v) is 5.12. The van der Waals surface area contributed by atoms with E-state index in [2.05, 4.69) is 10.1 Å². The Kier molecular flexibility index (Phi) is 3.27. The summed E-state index contributed by atoms with van der Waals surface area (Å²) in [6.45, 7) is 0. The zero-order chi connectivity index (χ0) is 12.3. The van der Waals surface area contributed by atoms with Gasteiger partial charge in [0.15, 0.2) is 0 Å². The lowest BCUT2D eigenvalue weighted by molar-refractivity contribution is 0.229. The monoisotopic (exact) mass is 251 g/mol. The highest BCUT2D eigenvalue weighted by Gasteiger charge is 2.04. The Bertz CT molecular complexity index is 551. The van der Waals surface area contributed by atoms with Crippen LogP contribution >= 0.6 is 11.6 Å². The molecule has 6 nitrogen and oxygen atoms in total. The smallest absolute Gasteiger partial charge is 0.248 e. The summed E-state index contributed by atoms with van der Waals surface area (Å²) in [6.07, 6.45) is 2.96. The normalized spacial score (nSPS) is 11.5. The van der Waals surface area contributed by atoms with Crippen molar-refractivity contribution in [3.63, 3.8) is 0 Å².